The number of benzene rings is 1. The molecule has 0 aliphatic rings. The lowest BCUT2D eigenvalue weighted by Gasteiger charge is -2.22. The molecular formula is C21H27N5O3S. The highest BCUT2D eigenvalue weighted by Crippen LogP contribution is 2.30. The van der Waals surface area contributed by atoms with E-state index < -0.39 is 10.0 Å². The van der Waals surface area contributed by atoms with E-state index in [1.165, 1.54) is 0 Å². The van der Waals surface area contributed by atoms with Crippen molar-refractivity contribution >= 4 is 27.2 Å². The minimum absolute atomic E-state index is 0.0273. The Kier molecular flexibility index (Phi) is 6.02. The van der Waals surface area contributed by atoms with Crippen molar-refractivity contribution in [2.75, 3.05) is 22.9 Å². The smallest absolute Gasteiger partial charge is 0.232 e. The Morgan fingerprint density at radius 1 is 1.07 bits per heavy atom. The lowest BCUT2D eigenvalue weighted by molar-refractivity contribution is 0.362. The van der Waals surface area contributed by atoms with Gasteiger partial charge in [0.05, 0.1) is 24.1 Å². The summed E-state index contributed by atoms with van der Waals surface area (Å²) >= 11 is 0. The number of pyridine rings is 1. The van der Waals surface area contributed by atoms with Gasteiger partial charge >= 0.3 is 0 Å². The van der Waals surface area contributed by atoms with Crippen LogP contribution < -0.4 is 14.8 Å². The molecule has 0 saturated carbocycles. The van der Waals surface area contributed by atoms with Crippen molar-refractivity contribution in [1.29, 1.82) is 0 Å². The summed E-state index contributed by atoms with van der Waals surface area (Å²) in [6.07, 6.45) is 1.68. The van der Waals surface area contributed by atoms with Crippen LogP contribution in [0.2, 0.25) is 0 Å². The van der Waals surface area contributed by atoms with Crippen molar-refractivity contribution in [1.82, 2.24) is 14.8 Å². The molecule has 0 radical (unpaired) electrons. The predicted molar refractivity (Wildman–Crippen MR) is 120 cm³/mol. The van der Waals surface area contributed by atoms with E-state index in [1.807, 2.05) is 35.0 Å². The Labute approximate surface area is 177 Å². The normalized spacial score (nSPS) is 11.9. The molecular weight excluding hydrogens is 402 g/mol. The fraction of sp³-hybridized carbons (Fsp3) is 0.333. The van der Waals surface area contributed by atoms with Crippen LogP contribution in [0.1, 0.15) is 27.7 Å². The molecule has 0 amide bonds. The molecule has 30 heavy (non-hydrogen) atoms. The average Bonchev–Trinajstić information content (AvgIpc) is 3.12. The van der Waals surface area contributed by atoms with Gasteiger partial charge in [-0.25, -0.2) is 18.1 Å². The summed E-state index contributed by atoms with van der Waals surface area (Å²) in [4.78, 5) is 4.13. The lowest BCUT2D eigenvalue weighted by atomic mass is 10.1. The van der Waals surface area contributed by atoms with E-state index in [4.69, 9.17) is 9.84 Å². The molecule has 160 valence electrons. The number of anilines is 3. The highest BCUT2D eigenvalue weighted by molar-refractivity contribution is 7.92. The molecule has 0 unspecified atom stereocenters. The lowest BCUT2D eigenvalue weighted by Crippen LogP contribution is -2.24. The average molecular weight is 430 g/mol. The van der Waals surface area contributed by atoms with Crippen molar-refractivity contribution in [2.45, 2.75) is 33.2 Å². The van der Waals surface area contributed by atoms with Crippen LogP contribution >= 0.6 is 0 Å². The Bertz CT molecular complexity index is 1120. The van der Waals surface area contributed by atoms with Gasteiger partial charge in [-0.1, -0.05) is 12.1 Å². The van der Waals surface area contributed by atoms with E-state index in [2.05, 4.69) is 35.8 Å². The van der Waals surface area contributed by atoms with Crippen LogP contribution in [0.3, 0.4) is 0 Å². The molecule has 0 fully saturated rings. The number of hydrogen-bond acceptors (Lipinski definition) is 6. The van der Waals surface area contributed by atoms with Crippen LogP contribution in [0.4, 0.5) is 17.2 Å². The Balaban J connectivity index is 1.92. The second-order valence-electron chi connectivity index (χ2n) is 7.79. The monoisotopic (exact) mass is 429 g/mol. The summed E-state index contributed by atoms with van der Waals surface area (Å²) in [5, 5.41) is 8.16. The zero-order chi connectivity index (χ0) is 21.9. The fourth-order valence-corrected chi connectivity index (χ4v) is 3.47. The highest BCUT2D eigenvalue weighted by atomic mass is 32.2. The number of rotatable bonds is 7. The maximum atomic E-state index is 11.8. The van der Waals surface area contributed by atoms with Gasteiger partial charge in [0.1, 0.15) is 5.82 Å². The molecule has 8 nitrogen and oxygen atoms in total. The summed E-state index contributed by atoms with van der Waals surface area (Å²) in [5.41, 5.74) is 2.77. The van der Waals surface area contributed by atoms with Crippen LogP contribution in [0.25, 0.3) is 11.3 Å². The molecule has 0 bridgehead atoms. The van der Waals surface area contributed by atoms with Crippen LogP contribution in [0, 0.1) is 0 Å². The predicted octanol–water partition coefficient (Wildman–Crippen LogP) is 4.21. The summed E-state index contributed by atoms with van der Waals surface area (Å²) in [5.74, 6) is 1.37. The second-order valence-corrected chi connectivity index (χ2v) is 9.80. The number of methoxy groups -OCH3 is 1. The van der Waals surface area contributed by atoms with Crippen molar-refractivity contribution in [3.8, 4) is 17.1 Å². The highest BCUT2D eigenvalue weighted by Gasteiger charge is 2.21. The van der Waals surface area contributed by atoms with Gasteiger partial charge in [0.2, 0.25) is 15.9 Å². The van der Waals surface area contributed by atoms with Gasteiger partial charge in [0.15, 0.2) is 0 Å². The van der Waals surface area contributed by atoms with Crippen LogP contribution in [-0.4, -0.2) is 36.0 Å². The zero-order valence-corrected chi connectivity index (χ0v) is 18.6. The molecule has 2 N–H and O–H groups in total. The topological polar surface area (TPSA) is 98.1 Å². The van der Waals surface area contributed by atoms with E-state index in [1.54, 1.807) is 32.4 Å². The molecule has 2 heterocycles. The standard InChI is InChI=1S/C21H27N5O3S/c1-6-30(27,28)25-16-9-7-15(8-10-16)18-14-19(26(24-18)21(2,3)4)23-17-11-12-22-20(13-17)29-5/h7-14,25H,6H2,1-5H3,(H,22,23). The minimum atomic E-state index is -3.31. The number of nitrogens with one attached hydrogen (secondary N) is 2. The minimum Gasteiger partial charge on any atom is -0.481 e. The summed E-state index contributed by atoms with van der Waals surface area (Å²) in [7, 11) is -1.73. The first-order valence-electron chi connectivity index (χ1n) is 9.60. The van der Waals surface area contributed by atoms with Crippen LogP contribution in [0.5, 0.6) is 5.88 Å². The molecule has 9 heteroatoms. The van der Waals surface area contributed by atoms with Crippen molar-refractivity contribution in [3.05, 3.63) is 48.7 Å². The number of nitrogens with zero attached hydrogens (tertiary/aromatic N) is 3. The number of ether oxygens (including phenoxy) is 1. The summed E-state index contributed by atoms with van der Waals surface area (Å²) < 4.78 is 33.2. The van der Waals surface area contributed by atoms with E-state index >= 15 is 0 Å². The van der Waals surface area contributed by atoms with E-state index in [9.17, 15) is 8.42 Å². The molecule has 0 aliphatic heterocycles. The van der Waals surface area contributed by atoms with Crippen molar-refractivity contribution in [3.63, 3.8) is 0 Å². The zero-order valence-electron chi connectivity index (χ0n) is 17.8. The number of aromatic nitrogens is 3. The number of sulfonamides is 1. The second kappa shape index (κ2) is 8.35. The maximum absolute atomic E-state index is 11.8. The van der Waals surface area contributed by atoms with Gasteiger partial charge in [-0.05, 0) is 45.9 Å². The summed E-state index contributed by atoms with van der Waals surface area (Å²) in [6.45, 7) is 7.82. The first-order chi connectivity index (χ1) is 14.1. The largest absolute Gasteiger partial charge is 0.481 e. The molecule has 0 spiro atoms. The van der Waals surface area contributed by atoms with E-state index in [0.717, 1.165) is 22.8 Å². The Hall–Kier alpha value is -3.07. The maximum Gasteiger partial charge on any atom is 0.232 e. The third-order valence-electron chi connectivity index (χ3n) is 4.40. The third kappa shape index (κ3) is 5.10. The molecule has 1 aromatic carbocycles. The quantitative estimate of drug-likeness (QED) is 0.584. The van der Waals surface area contributed by atoms with E-state index in [0.29, 0.717) is 11.6 Å². The molecule has 0 atom stereocenters. The molecule has 3 rings (SSSR count). The fourth-order valence-electron chi connectivity index (χ4n) is 2.83. The van der Waals surface area contributed by atoms with Gasteiger partial charge in [0.25, 0.3) is 0 Å². The first-order valence-corrected chi connectivity index (χ1v) is 11.2. The molecule has 2 aromatic heterocycles. The Morgan fingerprint density at radius 3 is 2.37 bits per heavy atom. The van der Waals surface area contributed by atoms with Crippen LogP contribution in [0.15, 0.2) is 48.7 Å². The van der Waals surface area contributed by atoms with Crippen molar-refractivity contribution < 1.29 is 13.2 Å². The molecule has 3 aromatic rings. The SMILES string of the molecule is CCS(=O)(=O)Nc1ccc(-c2cc(Nc3ccnc(OC)c3)n(C(C)(C)C)n2)cc1. The van der Waals surface area contributed by atoms with Gasteiger partial charge in [-0.3, -0.25) is 4.72 Å². The van der Waals surface area contributed by atoms with Gasteiger partial charge < -0.3 is 10.1 Å². The van der Waals surface area contributed by atoms with Gasteiger partial charge in [-0.15, -0.1) is 0 Å². The summed E-state index contributed by atoms with van der Waals surface area (Å²) in [6, 6.07) is 12.8. The Morgan fingerprint density at radius 2 is 1.77 bits per heavy atom. The molecule has 0 saturated heterocycles. The first kappa shape index (κ1) is 21.6. The van der Waals surface area contributed by atoms with Gasteiger partial charge in [-0.2, -0.15) is 5.10 Å². The van der Waals surface area contributed by atoms with Gasteiger partial charge in [0, 0.05) is 35.3 Å². The third-order valence-corrected chi connectivity index (χ3v) is 5.70. The number of hydrogen-bond donors (Lipinski definition) is 2. The molecule has 0 aliphatic carbocycles. The van der Waals surface area contributed by atoms with Crippen LogP contribution in [-0.2, 0) is 15.6 Å². The van der Waals surface area contributed by atoms with Crippen molar-refractivity contribution in [2.24, 2.45) is 0 Å². The van der Waals surface area contributed by atoms with E-state index in [-0.39, 0.29) is 11.3 Å².